The Kier molecular flexibility index (Phi) is 5.69. The first-order valence-corrected chi connectivity index (χ1v) is 7.76. The van der Waals surface area contributed by atoms with Crippen LogP contribution in [0.1, 0.15) is 18.4 Å². The lowest BCUT2D eigenvalue weighted by Crippen LogP contribution is -2.35. The van der Waals surface area contributed by atoms with Crippen molar-refractivity contribution in [3.63, 3.8) is 0 Å². The van der Waals surface area contributed by atoms with Gasteiger partial charge in [-0.2, -0.15) is 0 Å². The van der Waals surface area contributed by atoms with E-state index in [1.165, 1.54) is 24.9 Å². The molecular formula is C15H23BrN2O2. The Morgan fingerprint density at radius 1 is 1.30 bits per heavy atom. The van der Waals surface area contributed by atoms with E-state index in [-0.39, 0.29) is 0 Å². The number of ether oxygens (including phenoxy) is 2. The molecule has 2 rings (SSSR count). The average molecular weight is 343 g/mol. The molecule has 1 aliphatic rings. The van der Waals surface area contributed by atoms with E-state index in [1.54, 1.807) is 14.2 Å². The van der Waals surface area contributed by atoms with Gasteiger partial charge in [0.2, 0.25) is 0 Å². The first kappa shape index (κ1) is 15.6. The molecule has 0 bridgehead atoms. The Morgan fingerprint density at radius 2 is 2.00 bits per heavy atom. The summed E-state index contributed by atoms with van der Waals surface area (Å²) >= 11 is 3.59. The minimum absolute atomic E-state index is 0.661. The molecule has 0 aliphatic carbocycles. The lowest BCUT2D eigenvalue weighted by Gasteiger charge is -2.20. The van der Waals surface area contributed by atoms with Gasteiger partial charge < -0.3 is 19.7 Å². The molecule has 1 saturated heterocycles. The zero-order valence-corrected chi connectivity index (χ0v) is 14.0. The molecule has 0 amide bonds. The summed E-state index contributed by atoms with van der Waals surface area (Å²) in [5, 5.41) is 3.54. The van der Waals surface area contributed by atoms with E-state index in [9.17, 15) is 0 Å². The predicted molar refractivity (Wildman–Crippen MR) is 84.6 cm³/mol. The molecule has 1 atom stereocenters. The first-order chi connectivity index (χ1) is 9.65. The van der Waals surface area contributed by atoms with Gasteiger partial charge in [-0.1, -0.05) is 15.9 Å². The molecule has 112 valence electrons. The van der Waals surface area contributed by atoms with Crippen molar-refractivity contribution >= 4 is 15.9 Å². The van der Waals surface area contributed by atoms with Gasteiger partial charge >= 0.3 is 0 Å². The first-order valence-electron chi connectivity index (χ1n) is 6.97. The number of likely N-dealkylation sites (tertiary alicyclic amines) is 1. The van der Waals surface area contributed by atoms with Crippen LogP contribution in [-0.4, -0.2) is 45.3 Å². The highest BCUT2D eigenvalue weighted by atomic mass is 79.9. The van der Waals surface area contributed by atoms with Crippen LogP contribution in [0.3, 0.4) is 0 Å². The highest BCUT2D eigenvalue weighted by Gasteiger charge is 2.20. The number of likely N-dealkylation sites (N-methyl/N-ethyl adjacent to an activating group) is 1. The second kappa shape index (κ2) is 7.29. The lowest BCUT2D eigenvalue weighted by molar-refractivity contribution is 0.300. The molecule has 0 aromatic heterocycles. The van der Waals surface area contributed by atoms with Gasteiger partial charge in [0.1, 0.15) is 0 Å². The largest absolute Gasteiger partial charge is 0.493 e. The van der Waals surface area contributed by atoms with E-state index in [4.69, 9.17) is 9.47 Å². The van der Waals surface area contributed by atoms with E-state index in [1.807, 2.05) is 12.1 Å². The number of rotatable bonds is 6. The topological polar surface area (TPSA) is 33.7 Å². The Bertz CT molecular complexity index is 454. The van der Waals surface area contributed by atoms with Crippen LogP contribution >= 0.6 is 15.9 Å². The van der Waals surface area contributed by atoms with Gasteiger partial charge in [-0.05, 0) is 44.1 Å². The number of halogens is 1. The molecule has 0 radical (unpaired) electrons. The normalized spacial score (nSPS) is 19.3. The van der Waals surface area contributed by atoms with Crippen LogP contribution < -0.4 is 14.8 Å². The monoisotopic (exact) mass is 342 g/mol. The van der Waals surface area contributed by atoms with E-state index in [0.29, 0.717) is 6.04 Å². The molecule has 1 heterocycles. The van der Waals surface area contributed by atoms with Crippen molar-refractivity contribution in [2.75, 3.05) is 34.4 Å². The minimum Gasteiger partial charge on any atom is -0.493 e. The third-order valence-electron chi connectivity index (χ3n) is 3.92. The zero-order chi connectivity index (χ0) is 14.5. The SMILES string of the molecule is COc1cc(Br)c(CNC[C@@H]2CCCN2C)cc1OC. The third kappa shape index (κ3) is 3.65. The maximum Gasteiger partial charge on any atom is 0.161 e. The smallest absolute Gasteiger partial charge is 0.161 e. The van der Waals surface area contributed by atoms with E-state index >= 15 is 0 Å². The van der Waals surface area contributed by atoms with Crippen molar-refractivity contribution in [3.05, 3.63) is 22.2 Å². The predicted octanol–water partition coefficient (Wildman–Crippen LogP) is 2.65. The molecule has 1 fully saturated rings. The third-order valence-corrected chi connectivity index (χ3v) is 4.66. The number of nitrogens with zero attached hydrogens (tertiary/aromatic N) is 1. The van der Waals surface area contributed by atoms with Gasteiger partial charge in [-0.3, -0.25) is 0 Å². The van der Waals surface area contributed by atoms with Crippen molar-refractivity contribution in [2.24, 2.45) is 0 Å². The quantitative estimate of drug-likeness (QED) is 0.861. The fourth-order valence-electron chi connectivity index (χ4n) is 2.64. The summed E-state index contributed by atoms with van der Waals surface area (Å²) in [6.07, 6.45) is 2.60. The number of benzene rings is 1. The summed E-state index contributed by atoms with van der Waals surface area (Å²) in [7, 11) is 5.51. The molecule has 1 aliphatic heterocycles. The second-order valence-corrected chi connectivity index (χ2v) is 6.06. The maximum atomic E-state index is 5.35. The second-order valence-electron chi connectivity index (χ2n) is 5.21. The highest BCUT2D eigenvalue weighted by Crippen LogP contribution is 2.33. The molecule has 0 saturated carbocycles. The van der Waals surface area contributed by atoms with Crippen LogP contribution in [0.25, 0.3) is 0 Å². The molecule has 20 heavy (non-hydrogen) atoms. The van der Waals surface area contributed by atoms with E-state index in [2.05, 4.69) is 33.2 Å². The summed E-state index contributed by atoms with van der Waals surface area (Å²) in [4.78, 5) is 2.43. The Hall–Kier alpha value is -0.780. The van der Waals surface area contributed by atoms with Crippen LogP contribution in [0.5, 0.6) is 11.5 Å². The van der Waals surface area contributed by atoms with Gasteiger partial charge in [0.25, 0.3) is 0 Å². The van der Waals surface area contributed by atoms with Gasteiger partial charge in [0.05, 0.1) is 14.2 Å². The Morgan fingerprint density at radius 3 is 2.60 bits per heavy atom. The molecule has 1 aromatic rings. The molecule has 0 unspecified atom stereocenters. The van der Waals surface area contributed by atoms with Gasteiger partial charge in [-0.15, -0.1) is 0 Å². The van der Waals surface area contributed by atoms with Crippen molar-refractivity contribution in [2.45, 2.75) is 25.4 Å². The van der Waals surface area contributed by atoms with E-state index in [0.717, 1.165) is 29.1 Å². The summed E-state index contributed by atoms with van der Waals surface area (Å²) in [6, 6.07) is 4.64. The van der Waals surface area contributed by atoms with Crippen LogP contribution in [-0.2, 0) is 6.54 Å². The molecule has 1 N–H and O–H groups in total. The van der Waals surface area contributed by atoms with E-state index < -0.39 is 0 Å². The molecular weight excluding hydrogens is 320 g/mol. The summed E-state index contributed by atoms with van der Waals surface area (Å²) < 4.78 is 11.7. The molecule has 4 nitrogen and oxygen atoms in total. The fraction of sp³-hybridized carbons (Fsp3) is 0.600. The van der Waals surface area contributed by atoms with Crippen LogP contribution in [0.15, 0.2) is 16.6 Å². The minimum atomic E-state index is 0.661. The van der Waals surface area contributed by atoms with Gasteiger partial charge in [0.15, 0.2) is 11.5 Å². The molecule has 0 spiro atoms. The number of hydrogen-bond acceptors (Lipinski definition) is 4. The van der Waals surface area contributed by atoms with Crippen LogP contribution in [0.4, 0.5) is 0 Å². The summed E-state index contributed by atoms with van der Waals surface area (Å²) in [5.41, 5.74) is 1.18. The number of methoxy groups -OCH3 is 2. The number of hydrogen-bond donors (Lipinski definition) is 1. The van der Waals surface area contributed by atoms with Gasteiger partial charge in [0, 0.05) is 23.6 Å². The lowest BCUT2D eigenvalue weighted by atomic mass is 10.2. The highest BCUT2D eigenvalue weighted by molar-refractivity contribution is 9.10. The molecule has 5 heteroatoms. The van der Waals surface area contributed by atoms with Crippen molar-refractivity contribution in [3.8, 4) is 11.5 Å². The summed E-state index contributed by atoms with van der Waals surface area (Å²) in [5.74, 6) is 1.52. The Labute approximate surface area is 129 Å². The Balaban J connectivity index is 1.95. The van der Waals surface area contributed by atoms with Crippen molar-refractivity contribution in [1.29, 1.82) is 0 Å². The zero-order valence-electron chi connectivity index (χ0n) is 12.4. The van der Waals surface area contributed by atoms with Crippen LogP contribution in [0.2, 0.25) is 0 Å². The average Bonchev–Trinajstić information content (AvgIpc) is 2.85. The maximum absolute atomic E-state index is 5.35. The summed E-state index contributed by atoms with van der Waals surface area (Å²) in [6.45, 7) is 3.06. The number of nitrogens with one attached hydrogen (secondary N) is 1. The van der Waals surface area contributed by atoms with Crippen molar-refractivity contribution < 1.29 is 9.47 Å². The van der Waals surface area contributed by atoms with Crippen molar-refractivity contribution in [1.82, 2.24) is 10.2 Å². The fourth-order valence-corrected chi connectivity index (χ4v) is 3.10. The van der Waals surface area contributed by atoms with Gasteiger partial charge in [-0.25, -0.2) is 0 Å². The standard InChI is InChI=1S/C15H23BrN2O2/c1-18-6-4-5-12(18)10-17-9-11-7-14(19-2)15(20-3)8-13(11)16/h7-8,12,17H,4-6,9-10H2,1-3H3/t12-/m0/s1. The molecule has 1 aromatic carbocycles. The van der Waals surface area contributed by atoms with Crippen LogP contribution in [0, 0.1) is 0 Å².